The van der Waals surface area contributed by atoms with Crippen LogP contribution in [0.2, 0.25) is 0 Å². The second-order valence-electron chi connectivity index (χ2n) is 3.10. The molecule has 0 saturated carbocycles. The average molecular weight is 216 g/mol. The Bertz CT molecular complexity index is 398. The van der Waals surface area contributed by atoms with Gasteiger partial charge in [0.25, 0.3) is 0 Å². The fraction of sp³-hybridized carbons (Fsp3) is 0.300. The third kappa shape index (κ3) is 1.65. The Morgan fingerprint density at radius 1 is 1.20 bits per heavy atom. The number of halogens is 2. The third-order valence-electron chi connectivity index (χ3n) is 2.16. The van der Waals surface area contributed by atoms with Crippen molar-refractivity contribution < 1.29 is 23.8 Å². The molecule has 0 aliphatic rings. The van der Waals surface area contributed by atoms with Gasteiger partial charge in [0.1, 0.15) is 5.82 Å². The predicted octanol–water partition coefficient (Wildman–Crippen LogP) is 2.28. The molecule has 0 fully saturated rings. The normalized spacial score (nSPS) is 10.4. The molecule has 2 N–H and O–H groups in total. The van der Waals surface area contributed by atoms with Crippen molar-refractivity contribution in [2.75, 3.05) is 0 Å². The standard InChI is InChI=1S/C10H10F2O3/c1-3-5(13)6-7(11)4(2)9(14)8(12)10(6)15/h14-15H,3H2,1-2H3. The fourth-order valence-electron chi connectivity index (χ4n) is 1.21. The van der Waals surface area contributed by atoms with E-state index in [1.807, 2.05) is 0 Å². The number of hydrogen-bond donors (Lipinski definition) is 2. The highest BCUT2D eigenvalue weighted by Crippen LogP contribution is 2.35. The minimum atomic E-state index is -1.37. The van der Waals surface area contributed by atoms with Crippen LogP contribution in [0.5, 0.6) is 11.5 Å². The van der Waals surface area contributed by atoms with Crippen LogP contribution in [0.3, 0.4) is 0 Å². The van der Waals surface area contributed by atoms with E-state index in [0.29, 0.717) is 0 Å². The SMILES string of the molecule is CCC(=O)c1c(O)c(F)c(O)c(C)c1F. The summed E-state index contributed by atoms with van der Waals surface area (Å²) in [6, 6.07) is 0. The van der Waals surface area contributed by atoms with Crippen molar-refractivity contribution in [1.82, 2.24) is 0 Å². The van der Waals surface area contributed by atoms with E-state index >= 15 is 0 Å². The first-order valence-corrected chi connectivity index (χ1v) is 4.34. The zero-order valence-corrected chi connectivity index (χ0v) is 8.27. The molecule has 1 aromatic carbocycles. The van der Waals surface area contributed by atoms with Gasteiger partial charge in [0.2, 0.25) is 5.82 Å². The largest absolute Gasteiger partial charge is 0.504 e. The lowest BCUT2D eigenvalue weighted by molar-refractivity contribution is 0.0980. The summed E-state index contributed by atoms with van der Waals surface area (Å²) in [6.45, 7) is 2.58. The van der Waals surface area contributed by atoms with Crippen LogP contribution in [0.4, 0.5) is 8.78 Å². The Balaban J connectivity index is 3.60. The van der Waals surface area contributed by atoms with E-state index in [-0.39, 0.29) is 12.0 Å². The number of rotatable bonds is 2. The van der Waals surface area contributed by atoms with Crippen LogP contribution in [-0.2, 0) is 0 Å². The van der Waals surface area contributed by atoms with Gasteiger partial charge in [-0.15, -0.1) is 0 Å². The number of carbonyl (C=O) groups excluding carboxylic acids is 1. The lowest BCUT2D eigenvalue weighted by Gasteiger charge is -2.09. The van der Waals surface area contributed by atoms with Gasteiger partial charge in [-0.1, -0.05) is 6.92 Å². The molecule has 5 heteroatoms. The molecule has 0 amide bonds. The Kier molecular flexibility index (Phi) is 2.93. The number of phenols is 2. The minimum absolute atomic E-state index is 0.0614. The molecule has 0 bridgehead atoms. The number of hydrogen-bond acceptors (Lipinski definition) is 3. The number of phenolic OH excluding ortho intramolecular Hbond substituents is 2. The van der Waals surface area contributed by atoms with Crippen LogP contribution < -0.4 is 0 Å². The summed E-state index contributed by atoms with van der Waals surface area (Å²) >= 11 is 0. The van der Waals surface area contributed by atoms with Crippen LogP contribution in [0, 0.1) is 18.6 Å². The number of carbonyl (C=O) groups is 1. The summed E-state index contributed by atoms with van der Waals surface area (Å²) in [6.07, 6.45) is -0.0614. The van der Waals surface area contributed by atoms with Crippen LogP contribution in [0.15, 0.2) is 0 Å². The highest BCUT2D eigenvalue weighted by molar-refractivity contribution is 5.99. The Labute approximate surface area is 85.0 Å². The highest BCUT2D eigenvalue weighted by atomic mass is 19.1. The number of aromatic hydroxyl groups is 2. The van der Waals surface area contributed by atoms with Gasteiger partial charge in [0.05, 0.1) is 5.56 Å². The van der Waals surface area contributed by atoms with E-state index in [0.717, 1.165) is 6.92 Å². The van der Waals surface area contributed by atoms with Crippen LogP contribution in [0.25, 0.3) is 0 Å². The van der Waals surface area contributed by atoms with Crippen molar-refractivity contribution in [3.8, 4) is 11.5 Å². The molecule has 0 radical (unpaired) electrons. The van der Waals surface area contributed by atoms with Gasteiger partial charge < -0.3 is 10.2 Å². The molecule has 0 aliphatic heterocycles. The molecule has 1 aromatic rings. The summed E-state index contributed by atoms with van der Waals surface area (Å²) in [5, 5.41) is 18.2. The quantitative estimate of drug-likeness (QED) is 0.745. The molecule has 0 aliphatic carbocycles. The van der Waals surface area contributed by atoms with Gasteiger partial charge in [-0.05, 0) is 6.92 Å². The van der Waals surface area contributed by atoms with Crippen molar-refractivity contribution in [2.45, 2.75) is 20.3 Å². The molecule has 0 spiro atoms. The number of Topliss-reactive ketones (excluding diaryl/α,β-unsaturated/α-hetero) is 1. The van der Waals surface area contributed by atoms with E-state index in [4.69, 9.17) is 5.11 Å². The maximum absolute atomic E-state index is 13.4. The minimum Gasteiger partial charge on any atom is -0.504 e. The van der Waals surface area contributed by atoms with Gasteiger partial charge in [-0.3, -0.25) is 4.79 Å². The lowest BCUT2D eigenvalue weighted by Crippen LogP contribution is -2.05. The number of ketones is 1. The molecule has 0 saturated heterocycles. The Morgan fingerprint density at radius 2 is 1.73 bits per heavy atom. The summed E-state index contributed by atoms with van der Waals surface area (Å²) in [5.74, 6) is -5.28. The van der Waals surface area contributed by atoms with Crippen LogP contribution in [0.1, 0.15) is 29.3 Å². The van der Waals surface area contributed by atoms with Gasteiger partial charge in [0.15, 0.2) is 17.3 Å². The van der Waals surface area contributed by atoms with Crippen molar-refractivity contribution in [3.05, 3.63) is 22.8 Å². The maximum Gasteiger partial charge on any atom is 0.207 e. The average Bonchev–Trinajstić information content (AvgIpc) is 2.23. The fourth-order valence-corrected chi connectivity index (χ4v) is 1.21. The van der Waals surface area contributed by atoms with Gasteiger partial charge in [-0.25, -0.2) is 4.39 Å². The first kappa shape index (κ1) is 11.4. The van der Waals surface area contributed by atoms with Gasteiger partial charge in [0, 0.05) is 12.0 Å². The molecule has 82 valence electrons. The lowest BCUT2D eigenvalue weighted by atomic mass is 10.0. The Morgan fingerprint density at radius 3 is 2.20 bits per heavy atom. The second-order valence-corrected chi connectivity index (χ2v) is 3.10. The van der Waals surface area contributed by atoms with Crippen LogP contribution in [-0.4, -0.2) is 16.0 Å². The van der Waals surface area contributed by atoms with E-state index in [9.17, 15) is 18.7 Å². The molecule has 1 rings (SSSR count). The molecule has 0 aromatic heterocycles. The summed E-state index contributed by atoms with van der Waals surface area (Å²) in [7, 11) is 0. The highest BCUT2D eigenvalue weighted by Gasteiger charge is 2.25. The van der Waals surface area contributed by atoms with E-state index in [2.05, 4.69) is 0 Å². The molecular formula is C10H10F2O3. The van der Waals surface area contributed by atoms with Crippen LogP contribution >= 0.6 is 0 Å². The number of benzene rings is 1. The second kappa shape index (κ2) is 3.84. The zero-order chi connectivity index (χ0) is 11.7. The first-order chi connectivity index (χ1) is 6.91. The Hall–Kier alpha value is -1.65. The summed E-state index contributed by atoms with van der Waals surface area (Å²) in [4.78, 5) is 11.2. The smallest absolute Gasteiger partial charge is 0.207 e. The van der Waals surface area contributed by atoms with Crippen molar-refractivity contribution in [1.29, 1.82) is 0 Å². The van der Waals surface area contributed by atoms with Crippen molar-refractivity contribution in [3.63, 3.8) is 0 Å². The monoisotopic (exact) mass is 216 g/mol. The third-order valence-corrected chi connectivity index (χ3v) is 2.16. The van der Waals surface area contributed by atoms with E-state index in [1.54, 1.807) is 0 Å². The molecule has 0 atom stereocenters. The van der Waals surface area contributed by atoms with Gasteiger partial charge >= 0.3 is 0 Å². The predicted molar refractivity (Wildman–Crippen MR) is 49.0 cm³/mol. The van der Waals surface area contributed by atoms with E-state index < -0.39 is 34.5 Å². The molecular weight excluding hydrogens is 206 g/mol. The summed E-state index contributed by atoms with van der Waals surface area (Å²) < 4.78 is 26.5. The first-order valence-electron chi connectivity index (χ1n) is 4.34. The van der Waals surface area contributed by atoms with Gasteiger partial charge in [-0.2, -0.15) is 4.39 Å². The molecule has 3 nitrogen and oxygen atoms in total. The van der Waals surface area contributed by atoms with Crippen molar-refractivity contribution >= 4 is 5.78 Å². The van der Waals surface area contributed by atoms with E-state index in [1.165, 1.54) is 6.92 Å². The zero-order valence-electron chi connectivity index (χ0n) is 8.27. The molecule has 15 heavy (non-hydrogen) atoms. The maximum atomic E-state index is 13.4. The van der Waals surface area contributed by atoms with Crippen molar-refractivity contribution in [2.24, 2.45) is 0 Å². The molecule has 0 unspecified atom stereocenters. The topological polar surface area (TPSA) is 57.5 Å². The molecule has 0 heterocycles. The summed E-state index contributed by atoms with van der Waals surface area (Å²) in [5.41, 5.74) is -1.09.